The van der Waals surface area contributed by atoms with E-state index in [1.165, 1.54) is 0 Å². The van der Waals surface area contributed by atoms with Gasteiger partial charge in [-0.05, 0) is 24.1 Å². The Bertz CT molecular complexity index is 466. The molecule has 0 amide bonds. The SMILES string of the molecule is COc1ccc(C2(C#N)CC2CO)cc1OC. The van der Waals surface area contributed by atoms with Crippen LogP contribution in [0.5, 0.6) is 11.5 Å². The van der Waals surface area contributed by atoms with Crippen LogP contribution in [0.3, 0.4) is 0 Å². The average molecular weight is 233 g/mol. The van der Waals surface area contributed by atoms with E-state index < -0.39 is 5.41 Å². The maximum atomic E-state index is 9.27. The first-order chi connectivity index (χ1) is 8.21. The zero-order chi connectivity index (χ0) is 12.5. The molecule has 0 heterocycles. The molecule has 0 aliphatic heterocycles. The minimum atomic E-state index is -0.547. The fraction of sp³-hybridized carbons (Fsp3) is 0.462. The van der Waals surface area contributed by atoms with Gasteiger partial charge >= 0.3 is 0 Å². The summed E-state index contributed by atoms with van der Waals surface area (Å²) in [7, 11) is 3.14. The van der Waals surface area contributed by atoms with E-state index in [0.29, 0.717) is 17.9 Å². The lowest BCUT2D eigenvalue weighted by Crippen LogP contribution is -2.09. The number of rotatable bonds is 4. The lowest BCUT2D eigenvalue weighted by Gasteiger charge is -2.13. The number of nitriles is 1. The highest BCUT2D eigenvalue weighted by atomic mass is 16.5. The summed E-state index contributed by atoms with van der Waals surface area (Å²) in [6.45, 7) is 0.0436. The van der Waals surface area contributed by atoms with Crippen LogP contribution in [0.2, 0.25) is 0 Å². The summed E-state index contributed by atoms with van der Waals surface area (Å²) in [5, 5.41) is 18.4. The Morgan fingerprint density at radius 3 is 2.59 bits per heavy atom. The smallest absolute Gasteiger partial charge is 0.161 e. The molecule has 1 aromatic rings. The van der Waals surface area contributed by atoms with Crippen LogP contribution < -0.4 is 9.47 Å². The van der Waals surface area contributed by atoms with E-state index >= 15 is 0 Å². The van der Waals surface area contributed by atoms with Crippen molar-refractivity contribution in [1.29, 1.82) is 5.26 Å². The number of ether oxygens (including phenoxy) is 2. The van der Waals surface area contributed by atoms with Crippen molar-refractivity contribution < 1.29 is 14.6 Å². The third kappa shape index (κ3) is 1.73. The summed E-state index contributed by atoms with van der Waals surface area (Å²) in [5.74, 6) is 1.29. The predicted molar refractivity (Wildman–Crippen MR) is 62.0 cm³/mol. The Labute approximate surface area is 100 Å². The van der Waals surface area contributed by atoms with E-state index in [0.717, 1.165) is 5.56 Å². The standard InChI is InChI=1S/C13H15NO3/c1-16-11-4-3-9(5-12(11)17-2)13(8-14)6-10(13)7-15/h3-5,10,15H,6-7H2,1-2H3. The van der Waals surface area contributed by atoms with Crippen LogP contribution in [0.25, 0.3) is 0 Å². The largest absolute Gasteiger partial charge is 0.493 e. The van der Waals surface area contributed by atoms with Gasteiger partial charge in [0.15, 0.2) is 11.5 Å². The third-order valence-electron chi connectivity index (χ3n) is 3.42. The third-order valence-corrected chi connectivity index (χ3v) is 3.42. The number of aliphatic hydroxyl groups excluding tert-OH is 1. The molecule has 4 heteroatoms. The second kappa shape index (κ2) is 4.27. The molecular weight excluding hydrogens is 218 g/mol. The summed E-state index contributed by atoms with van der Waals surface area (Å²) in [4.78, 5) is 0. The van der Waals surface area contributed by atoms with Gasteiger partial charge < -0.3 is 14.6 Å². The van der Waals surface area contributed by atoms with Crippen molar-refractivity contribution >= 4 is 0 Å². The van der Waals surface area contributed by atoms with E-state index in [1.807, 2.05) is 12.1 Å². The highest BCUT2D eigenvalue weighted by molar-refractivity contribution is 5.50. The fourth-order valence-electron chi connectivity index (χ4n) is 2.22. The van der Waals surface area contributed by atoms with Crippen molar-refractivity contribution in [3.8, 4) is 17.6 Å². The second-order valence-corrected chi connectivity index (χ2v) is 4.24. The zero-order valence-electron chi connectivity index (χ0n) is 9.93. The van der Waals surface area contributed by atoms with Gasteiger partial charge in [0.25, 0.3) is 0 Å². The molecule has 1 aliphatic rings. The van der Waals surface area contributed by atoms with Crippen LogP contribution in [0, 0.1) is 17.2 Å². The summed E-state index contributed by atoms with van der Waals surface area (Å²) >= 11 is 0. The van der Waals surface area contributed by atoms with Crippen molar-refractivity contribution in [3.63, 3.8) is 0 Å². The molecule has 1 fully saturated rings. The predicted octanol–water partition coefficient (Wildman–Crippen LogP) is 1.48. The molecule has 2 unspecified atom stereocenters. The van der Waals surface area contributed by atoms with Crippen LogP contribution in [-0.4, -0.2) is 25.9 Å². The van der Waals surface area contributed by atoms with Gasteiger partial charge in [-0.2, -0.15) is 5.26 Å². The molecule has 1 aliphatic carbocycles. The van der Waals surface area contributed by atoms with Crippen LogP contribution >= 0.6 is 0 Å². The molecule has 0 saturated heterocycles. The van der Waals surface area contributed by atoms with E-state index in [-0.39, 0.29) is 12.5 Å². The van der Waals surface area contributed by atoms with Gasteiger partial charge in [0.2, 0.25) is 0 Å². The summed E-state index contributed by atoms with van der Waals surface area (Å²) in [6.07, 6.45) is 0.704. The van der Waals surface area contributed by atoms with Crippen molar-refractivity contribution in [1.82, 2.24) is 0 Å². The minimum absolute atomic E-state index is 0.0330. The van der Waals surface area contributed by atoms with Crippen molar-refractivity contribution in [2.75, 3.05) is 20.8 Å². The molecule has 2 rings (SSSR count). The molecule has 0 bridgehead atoms. The molecule has 1 saturated carbocycles. The maximum Gasteiger partial charge on any atom is 0.161 e. The molecule has 0 radical (unpaired) electrons. The maximum absolute atomic E-state index is 9.27. The fourth-order valence-corrected chi connectivity index (χ4v) is 2.22. The molecular formula is C13H15NO3. The highest BCUT2D eigenvalue weighted by Gasteiger charge is 2.56. The highest BCUT2D eigenvalue weighted by Crippen LogP contribution is 2.54. The molecule has 1 aromatic carbocycles. The number of benzene rings is 1. The van der Waals surface area contributed by atoms with Crippen LogP contribution in [0.1, 0.15) is 12.0 Å². The number of hydrogen-bond donors (Lipinski definition) is 1. The van der Waals surface area contributed by atoms with Crippen molar-refractivity contribution in [3.05, 3.63) is 23.8 Å². The zero-order valence-corrected chi connectivity index (χ0v) is 9.93. The number of methoxy groups -OCH3 is 2. The monoisotopic (exact) mass is 233 g/mol. The lowest BCUT2D eigenvalue weighted by molar-refractivity contribution is 0.269. The second-order valence-electron chi connectivity index (χ2n) is 4.24. The van der Waals surface area contributed by atoms with E-state index in [1.54, 1.807) is 20.3 Å². The molecule has 0 aromatic heterocycles. The Hall–Kier alpha value is -1.73. The molecule has 1 N–H and O–H groups in total. The molecule has 90 valence electrons. The van der Waals surface area contributed by atoms with Crippen molar-refractivity contribution in [2.24, 2.45) is 5.92 Å². The van der Waals surface area contributed by atoms with Gasteiger partial charge in [0.1, 0.15) is 0 Å². The van der Waals surface area contributed by atoms with Gasteiger partial charge in [0, 0.05) is 12.5 Å². The van der Waals surface area contributed by atoms with Crippen LogP contribution in [0.4, 0.5) is 0 Å². The Morgan fingerprint density at radius 2 is 2.12 bits per heavy atom. The van der Waals surface area contributed by atoms with Crippen molar-refractivity contribution in [2.45, 2.75) is 11.8 Å². The quantitative estimate of drug-likeness (QED) is 0.855. The van der Waals surface area contributed by atoms with E-state index in [2.05, 4.69) is 6.07 Å². The molecule has 2 atom stereocenters. The first kappa shape index (κ1) is 11.7. The van der Waals surface area contributed by atoms with Gasteiger partial charge in [-0.1, -0.05) is 6.07 Å². The Kier molecular flexibility index (Phi) is 2.95. The topological polar surface area (TPSA) is 62.5 Å². The van der Waals surface area contributed by atoms with Crippen LogP contribution in [-0.2, 0) is 5.41 Å². The summed E-state index contributed by atoms with van der Waals surface area (Å²) < 4.78 is 10.4. The van der Waals surface area contributed by atoms with Gasteiger partial charge in [-0.25, -0.2) is 0 Å². The average Bonchev–Trinajstić information content (AvgIpc) is 3.13. The first-order valence-electron chi connectivity index (χ1n) is 5.46. The van der Waals surface area contributed by atoms with Crippen LogP contribution in [0.15, 0.2) is 18.2 Å². The van der Waals surface area contributed by atoms with Gasteiger partial charge in [-0.15, -0.1) is 0 Å². The first-order valence-corrected chi connectivity index (χ1v) is 5.46. The summed E-state index contributed by atoms with van der Waals surface area (Å²) in [6, 6.07) is 7.77. The minimum Gasteiger partial charge on any atom is -0.493 e. The number of aliphatic hydroxyl groups is 1. The lowest BCUT2D eigenvalue weighted by atomic mass is 9.94. The molecule has 0 spiro atoms. The molecule has 17 heavy (non-hydrogen) atoms. The number of hydrogen-bond acceptors (Lipinski definition) is 4. The Morgan fingerprint density at radius 1 is 1.41 bits per heavy atom. The van der Waals surface area contributed by atoms with Gasteiger partial charge in [0.05, 0.1) is 25.7 Å². The Balaban J connectivity index is 2.38. The van der Waals surface area contributed by atoms with E-state index in [4.69, 9.17) is 14.6 Å². The van der Waals surface area contributed by atoms with E-state index in [9.17, 15) is 5.26 Å². The number of nitrogens with zero attached hydrogens (tertiary/aromatic N) is 1. The summed E-state index contributed by atoms with van der Waals surface area (Å²) in [5.41, 5.74) is 0.339. The normalized spacial score (nSPS) is 26.1. The molecule has 4 nitrogen and oxygen atoms in total. The van der Waals surface area contributed by atoms with Gasteiger partial charge in [-0.3, -0.25) is 0 Å².